The van der Waals surface area contributed by atoms with Gasteiger partial charge in [-0.15, -0.1) is 0 Å². The van der Waals surface area contributed by atoms with Gasteiger partial charge < -0.3 is 16.0 Å². The summed E-state index contributed by atoms with van der Waals surface area (Å²) in [6.07, 6.45) is 1.40. The van der Waals surface area contributed by atoms with Crippen LogP contribution in [0.4, 0.5) is 11.4 Å². The Morgan fingerprint density at radius 3 is 2.64 bits per heavy atom. The van der Waals surface area contributed by atoms with E-state index in [4.69, 9.17) is 0 Å². The Bertz CT molecular complexity index is 917. The van der Waals surface area contributed by atoms with Gasteiger partial charge in [-0.3, -0.25) is 9.59 Å². The Balaban J connectivity index is 1.57. The summed E-state index contributed by atoms with van der Waals surface area (Å²) >= 11 is 0. The molecular formula is C23H27N3O2. The monoisotopic (exact) mass is 377 g/mol. The highest BCUT2D eigenvalue weighted by Gasteiger charge is 2.53. The van der Waals surface area contributed by atoms with Crippen molar-refractivity contribution >= 4 is 23.2 Å². The molecule has 4 rings (SSSR count). The van der Waals surface area contributed by atoms with Gasteiger partial charge in [-0.1, -0.05) is 51.1 Å². The number of nitrogens with one attached hydrogen (secondary N) is 3. The van der Waals surface area contributed by atoms with Crippen LogP contribution in [0.15, 0.2) is 48.5 Å². The number of rotatable bonds is 3. The molecule has 0 aromatic heterocycles. The fraction of sp³-hybridized carbons (Fsp3) is 0.391. The van der Waals surface area contributed by atoms with Crippen molar-refractivity contribution in [3.8, 4) is 0 Å². The lowest BCUT2D eigenvalue weighted by molar-refractivity contribution is -0.120. The molecule has 2 aliphatic rings. The maximum atomic E-state index is 12.9. The normalized spacial score (nSPS) is 23.5. The molecule has 1 fully saturated rings. The molecule has 2 amide bonds. The van der Waals surface area contributed by atoms with E-state index in [9.17, 15) is 9.59 Å². The van der Waals surface area contributed by atoms with Crippen LogP contribution in [0.3, 0.4) is 0 Å². The summed E-state index contributed by atoms with van der Waals surface area (Å²) in [7, 11) is 0. The molecule has 0 aliphatic carbocycles. The lowest BCUT2D eigenvalue weighted by Crippen LogP contribution is -2.36. The van der Waals surface area contributed by atoms with E-state index in [-0.39, 0.29) is 17.2 Å². The van der Waals surface area contributed by atoms with Crippen LogP contribution in [0, 0.1) is 5.41 Å². The van der Waals surface area contributed by atoms with Crippen LogP contribution in [0.25, 0.3) is 0 Å². The van der Waals surface area contributed by atoms with E-state index in [1.807, 2.05) is 36.4 Å². The van der Waals surface area contributed by atoms with Crippen LogP contribution in [-0.2, 0) is 21.4 Å². The Labute approximate surface area is 165 Å². The smallest absolute Gasteiger partial charge is 0.241 e. The van der Waals surface area contributed by atoms with Gasteiger partial charge in [0.2, 0.25) is 11.8 Å². The van der Waals surface area contributed by atoms with Gasteiger partial charge in [0.15, 0.2) is 0 Å². The number of fused-ring (bicyclic) bond motifs is 2. The quantitative estimate of drug-likeness (QED) is 0.767. The lowest BCUT2D eigenvalue weighted by atomic mass is 9.78. The van der Waals surface area contributed by atoms with Crippen molar-refractivity contribution < 1.29 is 9.59 Å². The summed E-state index contributed by atoms with van der Waals surface area (Å²) in [5.74, 6) is -0.118. The first kappa shape index (κ1) is 18.7. The van der Waals surface area contributed by atoms with E-state index in [0.717, 1.165) is 23.4 Å². The first-order valence-corrected chi connectivity index (χ1v) is 9.81. The molecular weight excluding hydrogens is 350 g/mol. The number of amides is 2. The Hall–Kier alpha value is -2.66. The minimum absolute atomic E-state index is 0.0158. The molecule has 0 bridgehead atoms. The highest BCUT2D eigenvalue weighted by Crippen LogP contribution is 2.44. The second kappa shape index (κ2) is 6.74. The van der Waals surface area contributed by atoms with Crippen LogP contribution in [-0.4, -0.2) is 24.4 Å². The molecule has 146 valence electrons. The minimum atomic E-state index is -0.679. The van der Waals surface area contributed by atoms with Crippen molar-refractivity contribution in [1.29, 1.82) is 0 Å². The average molecular weight is 377 g/mol. The van der Waals surface area contributed by atoms with Gasteiger partial charge in [0, 0.05) is 17.9 Å². The van der Waals surface area contributed by atoms with Gasteiger partial charge >= 0.3 is 0 Å². The second-order valence-electron chi connectivity index (χ2n) is 9.15. The molecule has 5 heteroatoms. The third-order valence-corrected chi connectivity index (χ3v) is 5.58. The molecule has 3 N–H and O–H groups in total. The summed E-state index contributed by atoms with van der Waals surface area (Å²) in [6, 6.07) is 15.2. The molecule has 2 aliphatic heterocycles. The Morgan fingerprint density at radius 1 is 1.18 bits per heavy atom. The SMILES string of the molecule is CC(C)(C)Cc1ccc2c(c1)C1(CNC(C(=O)Nc3ccccc3)C1)C(=O)N2. The largest absolute Gasteiger partial charge is 0.325 e. The Kier molecular flexibility index (Phi) is 4.50. The topological polar surface area (TPSA) is 70.2 Å². The zero-order valence-electron chi connectivity index (χ0n) is 16.6. The lowest BCUT2D eigenvalue weighted by Gasteiger charge is -2.23. The number of para-hydroxylation sites is 1. The van der Waals surface area contributed by atoms with Crippen molar-refractivity contribution in [2.24, 2.45) is 5.41 Å². The molecule has 28 heavy (non-hydrogen) atoms. The maximum absolute atomic E-state index is 12.9. The average Bonchev–Trinajstić information content (AvgIpc) is 3.19. The molecule has 2 heterocycles. The predicted molar refractivity (Wildman–Crippen MR) is 111 cm³/mol. The van der Waals surface area contributed by atoms with Crippen molar-refractivity contribution in [2.45, 2.75) is 45.1 Å². The van der Waals surface area contributed by atoms with Gasteiger partial charge in [-0.05, 0) is 47.6 Å². The van der Waals surface area contributed by atoms with Crippen LogP contribution < -0.4 is 16.0 Å². The van der Waals surface area contributed by atoms with Gasteiger partial charge in [-0.25, -0.2) is 0 Å². The molecule has 1 saturated heterocycles. The van der Waals surface area contributed by atoms with E-state index >= 15 is 0 Å². The first-order valence-electron chi connectivity index (χ1n) is 9.81. The fourth-order valence-corrected chi connectivity index (χ4v) is 4.29. The van der Waals surface area contributed by atoms with Gasteiger partial charge in [0.05, 0.1) is 11.5 Å². The number of hydrogen-bond donors (Lipinski definition) is 3. The summed E-state index contributed by atoms with van der Waals surface area (Å²) < 4.78 is 0. The molecule has 1 spiro atoms. The number of carbonyl (C=O) groups is 2. The zero-order valence-corrected chi connectivity index (χ0v) is 16.6. The number of hydrogen-bond acceptors (Lipinski definition) is 3. The van der Waals surface area contributed by atoms with E-state index < -0.39 is 11.5 Å². The van der Waals surface area contributed by atoms with E-state index in [1.54, 1.807) is 0 Å². The second-order valence-corrected chi connectivity index (χ2v) is 9.15. The van der Waals surface area contributed by atoms with Crippen LogP contribution >= 0.6 is 0 Å². The highest BCUT2D eigenvalue weighted by molar-refractivity contribution is 6.08. The zero-order chi connectivity index (χ0) is 19.9. The standard InChI is InChI=1S/C23H27N3O2/c1-22(2,3)12-15-9-10-18-17(11-15)23(21(28)26-18)13-19(24-14-23)20(27)25-16-7-5-4-6-8-16/h4-11,19,24H,12-14H2,1-3H3,(H,25,27)(H,26,28). The van der Waals surface area contributed by atoms with E-state index in [1.165, 1.54) is 5.56 Å². The Morgan fingerprint density at radius 2 is 1.93 bits per heavy atom. The fourth-order valence-electron chi connectivity index (χ4n) is 4.29. The molecule has 2 aromatic rings. The van der Waals surface area contributed by atoms with Gasteiger partial charge in [-0.2, -0.15) is 0 Å². The minimum Gasteiger partial charge on any atom is -0.325 e. The van der Waals surface area contributed by atoms with Crippen molar-refractivity contribution in [1.82, 2.24) is 5.32 Å². The molecule has 5 nitrogen and oxygen atoms in total. The summed E-state index contributed by atoms with van der Waals surface area (Å²) in [5, 5.41) is 9.23. The maximum Gasteiger partial charge on any atom is 0.241 e. The number of benzene rings is 2. The predicted octanol–water partition coefficient (Wildman–Crippen LogP) is 3.47. The van der Waals surface area contributed by atoms with Crippen molar-refractivity contribution in [3.63, 3.8) is 0 Å². The molecule has 0 saturated carbocycles. The van der Waals surface area contributed by atoms with Crippen molar-refractivity contribution in [2.75, 3.05) is 17.2 Å². The number of carbonyl (C=O) groups excluding carboxylic acids is 2. The molecule has 2 atom stereocenters. The van der Waals surface area contributed by atoms with Gasteiger partial charge in [0.25, 0.3) is 0 Å². The third-order valence-electron chi connectivity index (χ3n) is 5.58. The first-order chi connectivity index (χ1) is 13.3. The third kappa shape index (κ3) is 3.42. The van der Waals surface area contributed by atoms with Crippen LogP contribution in [0.1, 0.15) is 38.3 Å². The van der Waals surface area contributed by atoms with E-state index in [0.29, 0.717) is 13.0 Å². The molecule has 2 unspecified atom stereocenters. The number of anilines is 2. The summed E-state index contributed by atoms with van der Waals surface area (Å²) in [6.45, 7) is 7.10. The van der Waals surface area contributed by atoms with Crippen molar-refractivity contribution in [3.05, 3.63) is 59.7 Å². The summed E-state index contributed by atoms with van der Waals surface area (Å²) in [5.41, 5.74) is 3.36. The van der Waals surface area contributed by atoms with Crippen LogP contribution in [0.5, 0.6) is 0 Å². The summed E-state index contributed by atoms with van der Waals surface area (Å²) in [4.78, 5) is 25.6. The van der Waals surface area contributed by atoms with Gasteiger partial charge in [0.1, 0.15) is 0 Å². The molecule has 2 aromatic carbocycles. The molecule has 0 radical (unpaired) electrons. The van der Waals surface area contributed by atoms with Crippen LogP contribution in [0.2, 0.25) is 0 Å². The highest BCUT2D eigenvalue weighted by atomic mass is 16.2. The van der Waals surface area contributed by atoms with E-state index in [2.05, 4.69) is 48.9 Å².